The molecule has 0 saturated heterocycles. The Morgan fingerprint density at radius 1 is 1.24 bits per heavy atom. The number of amides is 1. The highest BCUT2D eigenvalue weighted by Gasteiger charge is 2.19. The van der Waals surface area contributed by atoms with Crippen LogP contribution in [0.25, 0.3) is 0 Å². The monoisotopic (exact) mass is 428 g/mol. The molecule has 0 aliphatic rings. The second-order valence-corrected chi connectivity index (χ2v) is 8.10. The maximum Gasteiger partial charge on any atom is 0.231 e. The Labute approximate surface area is 174 Å². The van der Waals surface area contributed by atoms with Crippen LogP contribution >= 0.6 is 23.1 Å². The van der Waals surface area contributed by atoms with Gasteiger partial charge in [0.1, 0.15) is 17.9 Å². The molecule has 0 aliphatic heterocycles. The Hall–Kier alpha value is -2.91. The molecule has 1 aromatic carbocycles. The van der Waals surface area contributed by atoms with Crippen LogP contribution in [0.3, 0.4) is 0 Å². The summed E-state index contributed by atoms with van der Waals surface area (Å²) in [7, 11) is 0. The second kappa shape index (κ2) is 9.06. The quantitative estimate of drug-likeness (QED) is 0.428. The van der Waals surface area contributed by atoms with Crippen molar-refractivity contribution >= 4 is 29.0 Å². The number of thioether (sulfide) groups is 1. The van der Waals surface area contributed by atoms with E-state index >= 15 is 0 Å². The van der Waals surface area contributed by atoms with Gasteiger partial charge in [-0.2, -0.15) is 0 Å². The van der Waals surface area contributed by atoms with Crippen LogP contribution in [0, 0.1) is 5.82 Å². The minimum Gasteiger partial charge on any atom is -0.467 e. The molecule has 3 heterocycles. The number of nitrogens with one attached hydrogen (secondary N) is 1. The lowest BCUT2D eigenvalue weighted by atomic mass is 10.1. The third kappa shape index (κ3) is 4.93. The lowest BCUT2D eigenvalue weighted by Gasteiger charge is -2.18. The first-order chi connectivity index (χ1) is 14.2. The van der Waals surface area contributed by atoms with Gasteiger partial charge in [0.05, 0.1) is 24.6 Å². The summed E-state index contributed by atoms with van der Waals surface area (Å²) in [6.07, 6.45) is 3.22. The van der Waals surface area contributed by atoms with Gasteiger partial charge in [-0.3, -0.25) is 4.79 Å². The number of halogens is 1. The largest absolute Gasteiger partial charge is 0.467 e. The van der Waals surface area contributed by atoms with Gasteiger partial charge in [-0.05, 0) is 41.3 Å². The maximum atomic E-state index is 13.3. The topological polar surface area (TPSA) is 73.0 Å². The van der Waals surface area contributed by atoms with Crippen LogP contribution in [0.15, 0.2) is 76.1 Å². The highest BCUT2D eigenvalue weighted by atomic mass is 32.2. The fourth-order valence-corrected chi connectivity index (χ4v) is 4.33. The van der Waals surface area contributed by atoms with Crippen LogP contribution in [0.5, 0.6) is 0 Å². The number of aromatic nitrogens is 3. The van der Waals surface area contributed by atoms with Crippen molar-refractivity contribution in [3.05, 3.63) is 88.5 Å². The second-order valence-electron chi connectivity index (χ2n) is 6.18. The maximum absolute atomic E-state index is 13.3. The molecule has 1 atom stereocenters. The molecular weight excluding hydrogens is 411 g/mol. The van der Waals surface area contributed by atoms with Gasteiger partial charge in [0.25, 0.3) is 0 Å². The highest BCUT2D eigenvalue weighted by molar-refractivity contribution is 7.99. The summed E-state index contributed by atoms with van der Waals surface area (Å²) in [5.41, 5.74) is 0.827. The first kappa shape index (κ1) is 19.4. The molecule has 9 heteroatoms. The number of hydrogen-bond acceptors (Lipinski definition) is 6. The number of furan rings is 1. The van der Waals surface area contributed by atoms with Gasteiger partial charge in [0, 0.05) is 4.88 Å². The van der Waals surface area contributed by atoms with E-state index < -0.39 is 0 Å². The van der Waals surface area contributed by atoms with Gasteiger partial charge in [-0.15, -0.1) is 21.5 Å². The van der Waals surface area contributed by atoms with Crippen LogP contribution < -0.4 is 5.32 Å². The lowest BCUT2D eigenvalue weighted by molar-refractivity contribution is -0.119. The number of thiophene rings is 1. The summed E-state index contributed by atoms with van der Waals surface area (Å²) < 4.78 is 20.5. The minimum atomic E-state index is -0.329. The number of benzene rings is 1. The average molecular weight is 429 g/mol. The summed E-state index contributed by atoms with van der Waals surface area (Å²) in [4.78, 5) is 13.6. The van der Waals surface area contributed by atoms with E-state index in [4.69, 9.17) is 4.42 Å². The van der Waals surface area contributed by atoms with E-state index in [0.717, 1.165) is 16.2 Å². The van der Waals surface area contributed by atoms with Crippen molar-refractivity contribution in [2.45, 2.75) is 17.7 Å². The zero-order valence-electron chi connectivity index (χ0n) is 15.2. The van der Waals surface area contributed by atoms with Crippen molar-refractivity contribution in [2.24, 2.45) is 0 Å². The Morgan fingerprint density at radius 2 is 2.10 bits per heavy atom. The molecule has 6 nitrogen and oxygen atoms in total. The van der Waals surface area contributed by atoms with E-state index in [1.807, 2.05) is 34.2 Å². The summed E-state index contributed by atoms with van der Waals surface area (Å²) in [6, 6.07) is 13.4. The van der Waals surface area contributed by atoms with Crippen molar-refractivity contribution < 1.29 is 13.6 Å². The number of nitrogens with zero attached hydrogens (tertiary/aromatic N) is 3. The summed E-state index contributed by atoms with van der Waals surface area (Å²) in [6.45, 7) is 0.497. The minimum absolute atomic E-state index is 0.148. The zero-order valence-corrected chi connectivity index (χ0v) is 16.8. The third-order valence-electron chi connectivity index (χ3n) is 4.16. The predicted octanol–water partition coefficient (Wildman–Crippen LogP) is 4.12. The molecule has 0 fully saturated rings. The van der Waals surface area contributed by atoms with Gasteiger partial charge in [-0.25, -0.2) is 4.39 Å². The fraction of sp³-hybridized carbons (Fsp3) is 0.150. The molecule has 3 aromatic heterocycles. The number of hydrogen-bond donors (Lipinski definition) is 1. The van der Waals surface area contributed by atoms with Gasteiger partial charge in [0.15, 0.2) is 5.16 Å². The van der Waals surface area contributed by atoms with E-state index in [-0.39, 0.29) is 23.5 Å². The Balaban J connectivity index is 1.41. The van der Waals surface area contributed by atoms with Crippen LogP contribution in [0.2, 0.25) is 0 Å². The van der Waals surface area contributed by atoms with Crippen LogP contribution in [-0.4, -0.2) is 26.4 Å². The number of carbonyl (C=O) groups excluding carboxylic acids is 1. The molecule has 0 aliphatic carbocycles. The molecule has 0 bridgehead atoms. The zero-order chi connectivity index (χ0) is 20.1. The summed E-state index contributed by atoms with van der Waals surface area (Å²) >= 11 is 2.84. The average Bonchev–Trinajstić information content (AvgIpc) is 3.49. The lowest BCUT2D eigenvalue weighted by Crippen LogP contribution is -2.30. The van der Waals surface area contributed by atoms with E-state index in [2.05, 4.69) is 15.5 Å². The van der Waals surface area contributed by atoms with Gasteiger partial charge in [-0.1, -0.05) is 30.0 Å². The van der Waals surface area contributed by atoms with E-state index in [0.29, 0.717) is 11.7 Å². The molecule has 0 radical (unpaired) electrons. The molecule has 0 spiro atoms. The van der Waals surface area contributed by atoms with Crippen LogP contribution in [-0.2, 0) is 11.3 Å². The summed E-state index contributed by atoms with van der Waals surface area (Å²) in [5.74, 6) is 0.506. The molecule has 148 valence electrons. The number of rotatable bonds is 8. The standard InChI is InChI=1S/C20H17FN4O2S2/c21-15-7-5-14(6-8-15)19(17-4-2-10-28-17)23-18(26)12-29-20-24-22-13-25(20)11-16-3-1-9-27-16/h1-10,13,19H,11-12H2,(H,23,26)/t19-/m0/s1. The molecule has 1 N–H and O–H groups in total. The molecule has 1 amide bonds. The first-order valence-corrected chi connectivity index (χ1v) is 10.7. The normalized spacial score (nSPS) is 12.0. The number of carbonyl (C=O) groups is 1. The van der Waals surface area contributed by atoms with Crippen molar-refractivity contribution in [3.63, 3.8) is 0 Å². The van der Waals surface area contributed by atoms with Crippen LogP contribution in [0.1, 0.15) is 22.2 Å². The predicted molar refractivity (Wildman–Crippen MR) is 109 cm³/mol. The molecule has 29 heavy (non-hydrogen) atoms. The third-order valence-corrected chi connectivity index (χ3v) is 6.07. The molecular formula is C20H17FN4O2S2. The van der Waals surface area contributed by atoms with Crippen molar-refractivity contribution in [1.82, 2.24) is 20.1 Å². The summed E-state index contributed by atoms with van der Waals surface area (Å²) in [5, 5.41) is 13.6. The molecule has 0 unspecified atom stereocenters. The smallest absolute Gasteiger partial charge is 0.231 e. The molecule has 0 saturated carbocycles. The molecule has 4 rings (SSSR count). The van der Waals surface area contributed by atoms with E-state index in [9.17, 15) is 9.18 Å². The van der Waals surface area contributed by atoms with E-state index in [1.54, 1.807) is 36.1 Å². The Kier molecular flexibility index (Phi) is 6.06. The highest BCUT2D eigenvalue weighted by Crippen LogP contribution is 2.27. The Morgan fingerprint density at radius 3 is 2.83 bits per heavy atom. The van der Waals surface area contributed by atoms with Crippen molar-refractivity contribution in [3.8, 4) is 0 Å². The molecule has 4 aromatic rings. The van der Waals surface area contributed by atoms with Gasteiger partial charge >= 0.3 is 0 Å². The Bertz CT molecular complexity index is 1050. The fourth-order valence-electron chi connectivity index (χ4n) is 2.80. The van der Waals surface area contributed by atoms with Crippen molar-refractivity contribution in [2.75, 3.05) is 5.75 Å². The van der Waals surface area contributed by atoms with Crippen molar-refractivity contribution in [1.29, 1.82) is 0 Å². The van der Waals surface area contributed by atoms with E-state index in [1.165, 1.54) is 23.9 Å². The van der Waals surface area contributed by atoms with Gasteiger partial charge < -0.3 is 14.3 Å². The first-order valence-electron chi connectivity index (χ1n) is 8.80. The van der Waals surface area contributed by atoms with Gasteiger partial charge in [0.2, 0.25) is 5.91 Å². The SMILES string of the molecule is O=C(CSc1nncn1Cc1ccco1)N[C@@H](c1ccc(F)cc1)c1cccs1. The van der Waals surface area contributed by atoms with Crippen LogP contribution in [0.4, 0.5) is 4.39 Å².